The first-order chi connectivity index (χ1) is 22.5. The van der Waals surface area contributed by atoms with Crippen LogP contribution in [0.15, 0.2) is 59.0 Å². The third kappa shape index (κ3) is 5.46. The number of nitrogens with one attached hydrogen (secondary N) is 1. The van der Waals surface area contributed by atoms with Crippen LogP contribution in [0.5, 0.6) is 11.5 Å². The maximum absolute atomic E-state index is 14.7. The molecule has 5 aromatic rings. The van der Waals surface area contributed by atoms with Gasteiger partial charge in [-0.2, -0.15) is 0 Å². The summed E-state index contributed by atoms with van der Waals surface area (Å²) in [5, 5.41) is 2.66. The molecule has 3 N–H and O–H groups in total. The van der Waals surface area contributed by atoms with Gasteiger partial charge >= 0.3 is 0 Å². The number of pyridine rings is 1. The highest BCUT2D eigenvalue weighted by molar-refractivity contribution is 6.43. The van der Waals surface area contributed by atoms with E-state index in [1.165, 1.54) is 31.4 Å². The molecule has 1 fully saturated rings. The van der Waals surface area contributed by atoms with Crippen molar-refractivity contribution >= 4 is 40.2 Å². The second-order valence-corrected chi connectivity index (χ2v) is 12.6. The van der Waals surface area contributed by atoms with Crippen LogP contribution in [-0.4, -0.2) is 48.5 Å². The topological polar surface area (TPSA) is 125 Å². The fourth-order valence-electron chi connectivity index (χ4n) is 6.17. The number of epoxide rings is 1. The largest absolute Gasteiger partial charge is 0.494 e. The van der Waals surface area contributed by atoms with Crippen LogP contribution in [0, 0.1) is 18.6 Å². The van der Waals surface area contributed by atoms with Gasteiger partial charge in [0, 0.05) is 36.1 Å². The van der Waals surface area contributed by atoms with E-state index >= 15 is 0 Å². The molecular weight excluding hydrogens is 653 g/mol. The molecule has 4 atom stereocenters. The van der Waals surface area contributed by atoms with E-state index in [9.17, 15) is 13.6 Å². The Morgan fingerprint density at radius 1 is 1.15 bits per heavy atom. The van der Waals surface area contributed by atoms with Crippen molar-refractivity contribution in [1.82, 2.24) is 15.3 Å². The number of hydrogen-bond acceptors (Lipinski definition) is 8. The van der Waals surface area contributed by atoms with Crippen molar-refractivity contribution in [2.45, 2.75) is 37.5 Å². The predicted molar refractivity (Wildman–Crippen MR) is 171 cm³/mol. The smallest absolute Gasteiger partial charge is 0.251 e. The summed E-state index contributed by atoms with van der Waals surface area (Å²) in [7, 11) is 1.48. The monoisotopic (exact) mass is 680 g/mol. The second kappa shape index (κ2) is 11.7. The zero-order valence-electron chi connectivity index (χ0n) is 25.4. The Bertz CT molecular complexity index is 2070. The zero-order chi connectivity index (χ0) is 33.2. The number of halogens is 4. The van der Waals surface area contributed by atoms with Crippen molar-refractivity contribution in [1.29, 1.82) is 0 Å². The molecule has 2 aliphatic rings. The Morgan fingerprint density at radius 3 is 2.66 bits per heavy atom. The Hall–Kier alpha value is -4.29. The zero-order valence-corrected chi connectivity index (χ0v) is 26.9. The van der Waals surface area contributed by atoms with Crippen molar-refractivity contribution in [3.8, 4) is 22.8 Å². The van der Waals surface area contributed by atoms with E-state index in [1.54, 1.807) is 31.2 Å². The minimum Gasteiger partial charge on any atom is -0.494 e. The van der Waals surface area contributed by atoms with Gasteiger partial charge in [-0.1, -0.05) is 35.3 Å². The van der Waals surface area contributed by atoms with Crippen LogP contribution in [0.25, 0.3) is 22.4 Å². The first kappa shape index (κ1) is 31.3. The van der Waals surface area contributed by atoms with Crippen LogP contribution in [-0.2, 0) is 10.2 Å². The van der Waals surface area contributed by atoms with Crippen molar-refractivity contribution < 1.29 is 32.2 Å². The highest BCUT2D eigenvalue weighted by Crippen LogP contribution is 2.52. The molecule has 4 heterocycles. The third-order valence-corrected chi connectivity index (χ3v) is 9.55. The van der Waals surface area contributed by atoms with E-state index < -0.39 is 35.1 Å². The van der Waals surface area contributed by atoms with Gasteiger partial charge in [0.05, 0.1) is 28.3 Å². The number of aryl methyl sites for hydroxylation is 1. The maximum atomic E-state index is 14.7. The molecular formula is C34H28Cl2F2N4O5. The fraction of sp³-hybridized carbons (Fsp3) is 0.265. The van der Waals surface area contributed by atoms with E-state index in [1.807, 2.05) is 13.0 Å². The molecule has 0 spiro atoms. The van der Waals surface area contributed by atoms with Crippen LogP contribution < -0.4 is 20.5 Å². The highest BCUT2D eigenvalue weighted by atomic mass is 35.5. The van der Waals surface area contributed by atoms with Gasteiger partial charge < -0.3 is 29.7 Å². The molecule has 2 aliphatic heterocycles. The molecule has 13 heteroatoms. The lowest BCUT2D eigenvalue weighted by molar-refractivity contribution is 0.0952. The summed E-state index contributed by atoms with van der Waals surface area (Å²) in [5.41, 5.74) is 9.01. The molecule has 47 heavy (non-hydrogen) atoms. The van der Waals surface area contributed by atoms with E-state index in [-0.39, 0.29) is 34.9 Å². The molecule has 2 aromatic heterocycles. The Labute approximate surface area is 277 Å². The minimum absolute atomic E-state index is 0.0121. The number of nitrogens with two attached hydrogens (primary N) is 1. The highest BCUT2D eigenvalue weighted by Gasteiger charge is 2.56. The van der Waals surface area contributed by atoms with Crippen molar-refractivity contribution in [2.24, 2.45) is 5.73 Å². The first-order valence-corrected chi connectivity index (χ1v) is 15.5. The number of carbonyl (C=O) groups is 1. The first-order valence-electron chi connectivity index (χ1n) is 14.7. The summed E-state index contributed by atoms with van der Waals surface area (Å²) in [4.78, 5) is 22.9. The normalized spacial score (nSPS) is 20.5. The summed E-state index contributed by atoms with van der Waals surface area (Å²) in [6.07, 6.45) is -0.824. The number of methoxy groups -OCH3 is 1. The number of fused-ring (bicyclic) bond motifs is 2. The van der Waals surface area contributed by atoms with Crippen LogP contribution in [0.2, 0.25) is 10.0 Å². The fourth-order valence-corrected chi connectivity index (χ4v) is 6.58. The maximum Gasteiger partial charge on any atom is 0.251 e. The number of aromatic nitrogens is 2. The van der Waals surface area contributed by atoms with Gasteiger partial charge in [-0.05, 0) is 55.0 Å². The second-order valence-electron chi connectivity index (χ2n) is 11.8. The van der Waals surface area contributed by atoms with Crippen LogP contribution in [0.3, 0.4) is 0 Å². The summed E-state index contributed by atoms with van der Waals surface area (Å²) in [6.45, 7) is 3.92. The standard InChI is InChI=1S/C34H28Cl2F2N4O5/c1-15-41-29-24(44-3)10-17(11-25(29)46-15)33(43)40-13-20(16-5-4-6-18(37)9-16)23-12-21-30(45-14-34(21,2)31-32(39)47-31)28(42-23)19-7-8-22(38)27(36)26(19)35/h4-12,20,31-32H,13-14,39H2,1-3H3,(H,40,43)/t20-,31?,32?,34-/m0/s1. The van der Waals surface area contributed by atoms with E-state index in [0.717, 1.165) is 5.56 Å². The number of oxazole rings is 1. The average Bonchev–Trinajstić information content (AvgIpc) is 3.53. The Morgan fingerprint density at radius 2 is 1.94 bits per heavy atom. The van der Waals surface area contributed by atoms with Gasteiger partial charge in [0.1, 0.15) is 47.8 Å². The number of hydrogen-bond donors (Lipinski definition) is 2. The molecule has 0 bridgehead atoms. The SMILES string of the molecule is COc1cc(C(=O)NC[C@@H](c2cccc(F)c2)c2cc3c(c(-c4ccc(F)c(Cl)c4Cl)n2)OC[C@]3(C)C2OC2N)cc2oc(C)nc12. The molecule has 7 rings (SSSR count). The molecule has 0 radical (unpaired) electrons. The number of benzene rings is 3. The van der Waals surface area contributed by atoms with Crippen molar-refractivity contribution in [3.05, 3.63) is 105 Å². The minimum atomic E-state index is -0.688. The van der Waals surface area contributed by atoms with Gasteiger partial charge in [0.25, 0.3) is 5.91 Å². The molecule has 1 amide bonds. The molecule has 1 saturated heterocycles. The molecule has 242 valence electrons. The van der Waals surface area contributed by atoms with Gasteiger partial charge in [-0.25, -0.2) is 18.7 Å². The van der Waals surface area contributed by atoms with Crippen molar-refractivity contribution in [3.63, 3.8) is 0 Å². The summed E-state index contributed by atoms with van der Waals surface area (Å²) >= 11 is 12.8. The number of rotatable bonds is 8. The van der Waals surface area contributed by atoms with Crippen LogP contribution >= 0.6 is 23.2 Å². The number of carbonyl (C=O) groups excluding carboxylic acids is 1. The Balaban J connectivity index is 1.34. The molecule has 2 unspecified atom stereocenters. The molecule has 3 aromatic carbocycles. The lowest BCUT2D eigenvalue weighted by Crippen LogP contribution is -2.34. The van der Waals surface area contributed by atoms with E-state index in [4.69, 9.17) is 52.5 Å². The molecule has 0 saturated carbocycles. The summed E-state index contributed by atoms with van der Waals surface area (Å²) in [6, 6.07) is 13.7. The van der Waals surface area contributed by atoms with E-state index in [2.05, 4.69) is 10.3 Å². The van der Waals surface area contributed by atoms with Crippen LogP contribution in [0.4, 0.5) is 8.78 Å². The van der Waals surface area contributed by atoms with Gasteiger partial charge in [0.15, 0.2) is 17.0 Å². The summed E-state index contributed by atoms with van der Waals surface area (Å²) < 4.78 is 52.0. The third-order valence-electron chi connectivity index (χ3n) is 8.69. The number of ether oxygens (including phenoxy) is 3. The molecule has 0 aliphatic carbocycles. The molecule has 9 nitrogen and oxygen atoms in total. The number of amides is 1. The Kier molecular flexibility index (Phi) is 7.83. The van der Waals surface area contributed by atoms with E-state index in [0.29, 0.717) is 51.0 Å². The van der Waals surface area contributed by atoms with Crippen molar-refractivity contribution in [2.75, 3.05) is 20.3 Å². The van der Waals surface area contributed by atoms with Gasteiger partial charge in [-0.15, -0.1) is 0 Å². The van der Waals surface area contributed by atoms with Crippen LogP contribution in [0.1, 0.15) is 45.9 Å². The quantitative estimate of drug-likeness (QED) is 0.137. The average molecular weight is 682 g/mol. The van der Waals surface area contributed by atoms with Gasteiger partial charge in [0.2, 0.25) is 0 Å². The van der Waals surface area contributed by atoms with Gasteiger partial charge in [-0.3, -0.25) is 4.79 Å². The number of nitrogens with zero attached hydrogens (tertiary/aromatic N) is 2. The lowest BCUT2D eigenvalue weighted by atomic mass is 9.79. The predicted octanol–water partition coefficient (Wildman–Crippen LogP) is 6.69. The summed E-state index contributed by atoms with van der Waals surface area (Å²) in [5.74, 6) is -1.01. The lowest BCUT2D eigenvalue weighted by Gasteiger charge is -2.24.